The Labute approximate surface area is 144 Å². The summed E-state index contributed by atoms with van der Waals surface area (Å²) in [5.74, 6) is -0.215. The van der Waals surface area contributed by atoms with Gasteiger partial charge in [-0.3, -0.25) is 4.79 Å². The second-order valence-electron chi connectivity index (χ2n) is 5.14. The largest absolute Gasteiger partial charge is 0.352 e. The van der Waals surface area contributed by atoms with E-state index in [0.29, 0.717) is 17.1 Å². The number of fused-ring (bicyclic) bond motifs is 1. The number of nitrogens with one attached hydrogen (secondary N) is 1. The van der Waals surface area contributed by atoms with E-state index in [1.54, 1.807) is 18.2 Å². The topological polar surface area (TPSA) is 46.9 Å². The van der Waals surface area contributed by atoms with Gasteiger partial charge in [0.25, 0.3) is 5.91 Å². The number of hydrogen-bond acceptors (Lipinski definition) is 2. The van der Waals surface area contributed by atoms with E-state index in [2.05, 4.69) is 14.9 Å². The van der Waals surface area contributed by atoms with Gasteiger partial charge in [0.1, 0.15) is 0 Å². The smallest absolute Gasteiger partial charge is 0.252 e. The van der Waals surface area contributed by atoms with Gasteiger partial charge >= 0.3 is 0 Å². The SMILES string of the molecule is O=C(NCCCn1cnc2ccccc21)c1cccc(Cl)c1Cl. The number of carbonyl (C=O) groups is 1. The summed E-state index contributed by atoms with van der Waals surface area (Å²) >= 11 is 12.0. The number of aromatic nitrogens is 2. The standard InChI is InChI=1S/C17H15Cl2N3O/c18-13-6-3-5-12(16(13)19)17(23)20-9-4-10-22-11-21-14-7-1-2-8-15(14)22/h1-3,5-8,11H,4,9-10H2,(H,20,23). The summed E-state index contributed by atoms with van der Waals surface area (Å²) in [6.07, 6.45) is 2.62. The van der Waals surface area contributed by atoms with Crippen LogP contribution in [-0.2, 0) is 6.54 Å². The molecule has 1 heterocycles. The molecule has 0 bridgehead atoms. The van der Waals surface area contributed by atoms with Crippen molar-refractivity contribution in [3.63, 3.8) is 0 Å². The highest BCUT2D eigenvalue weighted by molar-refractivity contribution is 6.43. The van der Waals surface area contributed by atoms with Crippen LogP contribution in [0.4, 0.5) is 0 Å². The maximum atomic E-state index is 12.1. The van der Waals surface area contributed by atoms with Crippen molar-refractivity contribution in [3.8, 4) is 0 Å². The van der Waals surface area contributed by atoms with Crippen molar-refractivity contribution in [2.45, 2.75) is 13.0 Å². The van der Waals surface area contributed by atoms with Gasteiger partial charge in [-0.25, -0.2) is 4.98 Å². The Kier molecular flexibility index (Phi) is 4.84. The van der Waals surface area contributed by atoms with Crippen LogP contribution in [0, 0.1) is 0 Å². The Hall–Kier alpha value is -2.04. The molecule has 1 aromatic heterocycles. The molecule has 0 aliphatic heterocycles. The molecule has 0 spiro atoms. The van der Waals surface area contributed by atoms with Crippen molar-refractivity contribution in [1.82, 2.24) is 14.9 Å². The second-order valence-corrected chi connectivity index (χ2v) is 5.92. The first-order valence-corrected chi connectivity index (χ1v) is 8.04. The van der Waals surface area contributed by atoms with Crippen LogP contribution in [0.2, 0.25) is 10.0 Å². The monoisotopic (exact) mass is 347 g/mol. The van der Waals surface area contributed by atoms with Crippen LogP contribution in [0.15, 0.2) is 48.8 Å². The number of hydrogen-bond donors (Lipinski definition) is 1. The van der Waals surface area contributed by atoms with E-state index in [9.17, 15) is 4.79 Å². The van der Waals surface area contributed by atoms with Gasteiger partial charge in [-0.1, -0.05) is 41.4 Å². The minimum atomic E-state index is -0.215. The van der Waals surface area contributed by atoms with Crippen LogP contribution in [-0.4, -0.2) is 22.0 Å². The molecule has 0 saturated heterocycles. The molecule has 3 aromatic rings. The van der Waals surface area contributed by atoms with E-state index in [1.807, 2.05) is 30.6 Å². The van der Waals surface area contributed by atoms with Crippen LogP contribution >= 0.6 is 23.2 Å². The molecular weight excluding hydrogens is 333 g/mol. The second kappa shape index (κ2) is 7.02. The molecule has 0 saturated carbocycles. The molecule has 23 heavy (non-hydrogen) atoms. The number of para-hydroxylation sites is 2. The first-order chi connectivity index (χ1) is 11.2. The molecule has 0 unspecified atom stereocenters. The van der Waals surface area contributed by atoms with Gasteiger partial charge in [0.2, 0.25) is 0 Å². The molecule has 0 fully saturated rings. The van der Waals surface area contributed by atoms with Crippen molar-refractivity contribution in [3.05, 3.63) is 64.4 Å². The molecule has 0 aliphatic rings. The maximum absolute atomic E-state index is 12.1. The van der Waals surface area contributed by atoms with E-state index in [1.165, 1.54) is 0 Å². The summed E-state index contributed by atoms with van der Waals surface area (Å²) in [5.41, 5.74) is 2.46. The fourth-order valence-electron chi connectivity index (χ4n) is 2.41. The van der Waals surface area contributed by atoms with Crippen molar-refractivity contribution >= 4 is 40.1 Å². The summed E-state index contributed by atoms with van der Waals surface area (Å²) in [4.78, 5) is 16.5. The van der Waals surface area contributed by atoms with Crippen molar-refractivity contribution in [2.75, 3.05) is 6.54 Å². The van der Waals surface area contributed by atoms with Crippen molar-refractivity contribution in [2.24, 2.45) is 0 Å². The Morgan fingerprint density at radius 3 is 2.83 bits per heavy atom. The maximum Gasteiger partial charge on any atom is 0.252 e. The lowest BCUT2D eigenvalue weighted by molar-refractivity contribution is 0.0953. The van der Waals surface area contributed by atoms with Gasteiger partial charge in [-0.15, -0.1) is 0 Å². The Morgan fingerprint density at radius 2 is 1.96 bits per heavy atom. The molecule has 1 N–H and O–H groups in total. The molecule has 118 valence electrons. The number of nitrogens with zero attached hydrogens (tertiary/aromatic N) is 2. The highest BCUT2D eigenvalue weighted by Crippen LogP contribution is 2.25. The van der Waals surface area contributed by atoms with Gasteiger partial charge in [0.15, 0.2) is 0 Å². The van der Waals surface area contributed by atoms with Gasteiger partial charge in [-0.2, -0.15) is 0 Å². The number of rotatable bonds is 5. The van der Waals surface area contributed by atoms with Crippen LogP contribution in [0.5, 0.6) is 0 Å². The van der Waals surface area contributed by atoms with E-state index in [4.69, 9.17) is 23.2 Å². The molecule has 4 nitrogen and oxygen atoms in total. The number of amides is 1. The highest BCUT2D eigenvalue weighted by Gasteiger charge is 2.11. The zero-order valence-corrected chi connectivity index (χ0v) is 13.8. The van der Waals surface area contributed by atoms with E-state index in [-0.39, 0.29) is 10.9 Å². The molecule has 0 radical (unpaired) electrons. The third kappa shape index (κ3) is 3.49. The lowest BCUT2D eigenvalue weighted by Gasteiger charge is -2.08. The Bertz CT molecular complexity index is 845. The molecule has 3 rings (SSSR count). The highest BCUT2D eigenvalue weighted by atomic mass is 35.5. The quantitative estimate of drug-likeness (QED) is 0.704. The van der Waals surface area contributed by atoms with Crippen LogP contribution in [0.1, 0.15) is 16.8 Å². The first kappa shape index (κ1) is 15.8. The number of halogens is 2. The molecule has 2 aromatic carbocycles. The predicted octanol–water partition coefficient (Wildman–Crippen LogP) is 4.16. The van der Waals surface area contributed by atoms with E-state index in [0.717, 1.165) is 24.0 Å². The van der Waals surface area contributed by atoms with Gasteiger partial charge in [0.05, 0.1) is 33.0 Å². The molecule has 1 amide bonds. The summed E-state index contributed by atoms with van der Waals surface area (Å²) in [6.45, 7) is 1.33. The number of carbonyl (C=O) groups excluding carboxylic acids is 1. The van der Waals surface area contributed by atoms with Crippen molar-refractivity contribution in [1.29, 1.82) is 0 Å². The van der Waals surface area contributed by atoms with E-state index >= 15 is 0 Å². The zero-order valence-electron chi connectivity index (χ0n) is 12.3. The van der Waals surface area contributed by atoms with Crippen molar-refractivity contribution < 1.29 is 4.79 Å². The minimum absolute atomic E-state index is 0.215. The van der Waals surface area contributed by atoms with Crippen LogP contribution < -0.4 is 5.32 Å². The summed E-state index contributed by atoms with van der Waals surface area (Å²) in [6, 6.07) is 13.0. The molecule has 6 heteroatoms. The fraction of sp³-hybridized carbons (Fsp3) is 0.176. The van der Waals surface area contributed by atoms with Crippen LogP contribution in [0.3, 0.4) is 0 Å². The third-order valence-electron chi connectivity index (χ3n) is 3.58. The first-order valence-electron chi connectivity index (χ1n) is 7.29. The fourth-order valence-corrected chi connectivity index (χ4v) is 2.80. The van der Waals surface area contributed by atoms with Crippen LogP contribution in [0.25, 0.3) is 11.0 Å². The average molecular weight is 348 g/mol. The van der Waals surface area contributed by atoms with Gasteiger partial charge in [0, 0.05) is 13.1 Å². The number of benzene rings is 2. The normalized spacial score (nSPS) is 10.9. The lowest BCUT2D eigenvalue weighted by Crippen LogP contribution is -2.25. The predicted molar refractivity (Wildman–Crippen MR) is 93.1 cm³/mol. The molecule has 0 atom stereocenters. The summed E-state index contributed by atoms with van der Waals surface area (Å²) in [5, 5.41) is 3.53. The zero-order chi connectivity index (χ0) is 16.2. The minimum Gasteiger partial charge on any atom is -0.352 e. The number of aryl methyl sites for hydroxylation is 1. The van der Waals surface area contributed by atoms with Gasteiger partial charge < -0.3 is 9.88 Å². The Morgan fingerprint density at radius 1 is 1.13 bits per heavy atom. The average Bonchev–Trinajstić information content (AvgIpc) is 2.97. The molecular formula is C17H15Cl2N3O. The van der Waals surface area contributed by atoms with Gasteiger partial charge in [-0.05, 0) is 30.7 Å². The van der Waals surface area contributed by atoms with E-state index < -0.39 is 0 Å². The third-order valence-corrected chi connectivity index (χ3v) is 4.40. The molecule has 0 aliphatic carbocycles. The summed E-state index contributed by atoms with van der Waals surface area (Å²) in [7, 11) is 0. The lowest BCUT2D eigenvalue weighted by atomic mass is 10.2. The number of imidazole rings is 1. The summed E-state index contributed by atoms with van der Waals surface area (Å²) < 4.78 is 2.08. The Balaban J connectivity index is 1.55.